The summed E-state index contributed by atoms with van der Waals surface area (Å²) < 4.78 is 0. The Kier molecular flexibility index (Phi) is 3.14. The number of nitrogens with two attached hydrogens (primary N) is 1. The lowest BCUT2D eigenvalue weighted by atomic mass is 9.96. The summed E-state index contributed by atoms with van der Waals surface area (Å²) in [6.07, 6.45) is 3.65. The van der Waals surface area contributed by atoms with Gasteiger partial charge in [-0.05, 0) is 37.4 Å². The van der Waals surface area contributed by atoms with Gasteiger partial charge in [0, 0.05) is 20.0 Å². The molecule has 0 bridgehead atoms. The van der Waals surface area contributed by atoms with Crippen molar-refractivity contribution in [3.63, 3.8) is 0 Å². The monoisotopic (exact) mass is 259 g/mol. The summed E-state index contributed by atoms with van der Waals surface area (Å²) >= 11 is 0. The number of nitrogens with one attached hydrogen (secondary N) is 1. The van der Waals surface area contributed by atoms with Crippen LogP contribution in [0.3, 0.4) is 0 Å². The van der Waals surface area contributed by atoms with E-state index in [4.69, 9.17) is 5.73 Å². The fourth-order valence-corrected chi connectivity index (χ4v) is 3.00. The summed E-state index contributed by atoms with van der Waals surface area (Å²) in [5.74, 6) is 3.04. The number of anilines is 1. The van der Waals surface area contributed by atoms with Crippen LogP contribution < -0.4 is 10.6 Å². The zero-order valence-electron chi connectivity index (χ0n) is 11.6. The molecule has 1 saturated carbocycles. The first-order valence-electron chi connectivity index (χ1n) is 6.93. The Labute approximate surface area is 113 Å². The molecule has 1 aliphatic rings. The quantitative estimate of drug-likeness (QED) is 0.882. The molecule has 0 radical (unpaired) electrons. The lowest BCUT2D eigenvalue weighted by Gasteiger charge is -2.14. The number of pyridine rings is 1. The van der Waals surface area contributed by atoms with Gasteiger partial charge in [-0.15, -0.1) is 0 Å². The Morgan fingerprint density at radius 2 is 2.16 bits per heavy atom. The van der Waals surface area contributed by atoms with E-state index in [-0.39, 0.29) is 0 Å². The minimum atomic E-state index is 0.474. The first-order chi connectivity index (χ1) is 9.19. The number of hydrogen-bond donors (Lipinski definition) is 2. The van der Waals surface area contributed by atoms with Crippen molar-refractivity contribution in [2.24, 2.45) is 11.7 Å². The number of fused-ring (bicyclic) bond motifs is 1. The summed E-state index contributed by atoms with van der Waals surface area (Å²) in [5, 5.41) is 0. The molecule has 5 heteroatoms. The Morgan fingerprint density at radius 1 is 1.32 bits per heavy atom. The van der Waals surface area contributed by atoms with Crippen LogP contribution in [0.4, 0.5) is 5.82 Å². The summed E-state index contributed by atoms with van der Waals surface area (Å²) in [4.78, 5) is 14.7. The van der Waals surface area contributed by atoms with Gasteiger partial charge in [0.2, 0.25) is 0 Å². The van der Waals surface area contributed by atoms with Crippen molar-refractivity contribution in [2.75, 3.05) is 25.5 Å². The molecule has 5 nitrogen and oxygen atoms in total. The molecule has 2 aromatic rings. The molecule has 3 N–H and O–H groups in total. The van der Waals surface area contributed by atoms with Crippen LogP contribution >= 0.6 is 0 Å². The van der Waals surface area contributed by atoms with Crippen molar-refractivity contribution in [3.8, 4) is 0 Å². The van der Waals surface area contributed by atoms with Gasteiger partial charge < -0.3 is 15.6 Å². The highest BCUT2D eigenvalue weighted by Gasteiger charge is 2.29. The summed E-state index contributed by atoms with van der Waals surface area (Å²) in [7, 11) is 3.98. The van der Waals surface area contributed by atoms with E-state index in [0.717, 1.165) is 29.4 Å². The summed E-state index contributed by atoms with van der Waals surface area (Å²) in [6.45, 7) is 0.748. The molecule has 1 aliphatic carbocycles. The number of rotatable bonds is 3. The SMILES string of the molecule is CN(C)c1ccc2[nH]c(C3CCCC3CN)nc2n1. The molecule has 102 valence electrons. The molecule has 1 fully saturated rings. The summed E-state index contributed by atoms with van der Waals surface area (Å²) in [5.41, 5.74) is 7.68. The normalized spacial score (nSPS) is 23.1. The van der Waals surface area contributed by atoms with Crippen LogP contribution in [0.25, 0.3) is 11.2 Å². The Balaban J connectivity index is 1.97. The average Bonchev–Trinajstić information content (AvgIpc) is 3.03. The fourth-order valence-electron chi connectivity index (χ4n) is 3.00. The predicted octanol–water partition coefficient (Wildman–Crippen LogP) is 1.87. The molecule has 19 heavy (non-hydrogen) atoms. The van der Waals surface area contributed by atoms with Crippen molar-refractivity contribution < 1.29 is 0 Å². The minimum absolute atomic E-state index is 0.474. The zero-order chi connectivity index (χ0) is 13.4. The topological polar surface area (TPSA) is 70.8 Å². The molecule has 0 aromatic carbocycles. The molecular weight excluding hydrogens is 238 g/mol. The number of imidazole rings is 1. The second-order valence-electron chi connectivity index (χ2n) is 5.59. The van der Waals surface area contributed by atoms with E-state index in [1.807, 2.05) is 25.1 Å². The highest BCUT2D eigenvalue weighted by molar-refractivity contribution is 5.73. The van der Waals surface area contributed by atoms with Gasteiger partial charge in [0.25, 0.3) is 0 Å². The summed E-state index contributed by atoms with van der Waals surface area (Å²) in [6, 6.07) is 4.07. The maximum Gasteiger partial charge on any atom is 0.179 e. The zero-order valence-corrected chi connectivity index (χ0v) is 11.6. The second-order valence-corrected chi connectivity index (χ2v) is 5.59. The lowest BCUT2D eigenvalue weighted by Crippen LogP contribution is -2.17. The van der Waals surface area contributed by atoms with Crippen molar-refractivity contribution in [3.05, 3.63) is 18.0 Å². The van der Waals surface area contributed by atoms with E-state index in [0.29, 0.717) is 11.8 Å². The molecule has 2 atom stereocenters. The molecule has 0 amide bonds. The maximum absolute atomic E-state index is 5.86. The van der Waals surface area contributed by atoms with E-state index in [1.165, 1.54) is 19.3 Å². The molecule has 2 aromatic heterocycles. The third-order valence-corrected chi connectivity index (χ3v) is 4.12. The number of aromatic nitrogens is 3. The van der Waals surface area contributed by atoms with Crippen molar-refractivity contribution in [1.82, 2.24) is 15.0 Å². The molecular formula is C14H21N5. The maximum atomic E-state index is 5.86. The molecule has 0 spiro atoms. The highest BCUT2D eigenvalue weighted by atomic mass is 15.1. The number of hydrogen-bond acceptors (Lipinski definition) is 4. The van der Waals surface area contributed by atoms with Crippen LogP contribution in [0.5, 0.6) is 0 Å². The lowest BCUT2D eigenvalue weighted by molar-refractivity contribution is 0.481. The first-order valence-corrected chi connectivity index (χ1v) is 6.93. The smallest absolute Gasteiger partial charge is 0.179 e. The van der Waals surface area contributed by atoms with E-state index >= 15 is 0 Å². The second kappa shape index (κ2) is 4.81. The van der Waals surface area contributed by atoms with Crippen molar-refractivity contribution in [2.45, 2.75) is 25.2 Å². The molecule has 0 aliphatic heterocycles. The number of nitrogens with zero attached hydrogens (tertiary/aromatic N) is 3. The molecule has 2 unspecified atom stereocenters. The predicted molar refractivity (Wildman–Crippen MR) is 77.4 cm³/mol. The molecule has 3 rings (SSSR count). The van der Waals surface area contributed by atoms with Gasteiger partial charge in [-0.25, -0.2) is 9.97 Å². The first kappa shape index (κ1) is 12.4. The van der Waals surface area contributed by atoms with Gasteiger partial charge in [-0.3, -0.25) is 0 Å². The number of H-pyrrole nitrogens is 1. The van der Waals surface area contributed by atoms with E-state index < -0.39 is 0 Å². The highest BCUT2D eigenvalue weighted by Crippen LogP contribution is 2.38. The van der Waals surface area contributed by atoms with Crippen LogP contribution in [0, 0.1) is 5.92 Å². The average molecular weight is 259 g/mol. The third-order valence-electron chi connectivity index (χ3n) is 4.12. The van der Waals surface area contributed by atoms with E-state index in [2.05, 4.69) is 21.0 Å². The van der Waals surface area contributed by atoms with E-state index in [1.54, 1.807) is 0 Å². The van der Waals surface area contributed by atoms with Gasteiger partial charge in [0.05, 0.1) is 5.52 Å². The minimum Gasteiger partial charge on any atom is -0.363 e. The van der Waals surface area contributed by atoms with E-state index in [9.17, 15) is 0 Å². The van der Waals surface area contributed by atoms with Gasteiger partial charge >= 0.3 is 0 Å². The van der Waals surface area contributed by atoms with Crippen LogP contribution in [0.15, 0.2) is 12.1 Å². The van der Waals surface area contributed by atoms with Crippen LogP contribution in [0.1, 0.15) is 31.0 Å². The van der Waals surface area contributed by atoms with Crippen molar-refractivity contribution >= 4 is 17.0 Å². The van der Waals surface area contributed by atoms with Gasteiger partial charge in [0.1, 0.15) is 11.6 Å². The largest absolute Gasteiger partial charge is 0.363 e. The van der Waals surface area contributed by atoms with Gasteiger partial charge in [0.15, 0.2) is 5.65 Å². The Bertz CT molecular complexity index is 574. The van der Waals surface area contributed by atoms with Crippen LogP contribution in [-0.4, -0.2) is 35.6 Å². The van der Waals surface area contributed by atoms with Gasteiger partial charge in [-0.2, -0.15) is 0 Å². The van der Waals surface area contributed by atoms with Gasteiger partial charge in [-0.1, -0.05) is 6.42 Å². The Morgan fingerprint density at radius 3 is 2.89 bits per heavy atom. The molecule has 0 saturated heterocycles. The fraction of sp³-hybridized carbons (Fsp3) is 0.571. The van der Waals surface area contributed by atoms with Crippen LogP contribution in [0.2, 0.25) is 0 Å². The standard InChI is InChI=1S/C14H21N5/c1-19(2)12-7-6-11-14(17-12)18-13(16-11)10-5-3-4-9(10)8-15/h6-7,9-10H,3-5,8,15H2,1-2H3,(H,16,17,18). The third kappa shape index (κ3) is 2.18. The number of aromatic amines is 1. The van der Waals surface area contributed by atoms with Crippen molar-refractivity contribution in [1.29, 1.82) is 0 Å². The Hall–Kier alpha value is -1.62. The van der Waals surface area contributed by atoms with Crippen LogP contribution in [-0.2, 0) is 0 Å². The molecule has 2 heterocycles.